The Bertz CT molecular complexity index is 3080. The van der Waals surface area contributed by atoms with Crippen LogP contribution in [-0.2, 0) is 0 Å². The topological polar surface area (TPSA) is 127 Å². The van der Waals surface area contributed by atoms with E-state index in [9.17, 15) is 5.26 Å². The highest BCUT2D eigenvalue weighted by Gasteiger charge is 2.17. The van der Waals surface area contributed by atoms with Gasteiger partial charge in [-0.1, -0.05) is 172 Å². The van der Waals surface area contributed by atoms with Crippen molar-refractivity contribution in [3.05, 3.63) is 206 Å². The lowest BCUT2D eigenvalue weighted by Gasteiger charge is -2.13. The standard InChI is InChI=1S/C47H29N5.C6H8N2.C2H6/c48-30-31-18-27-39-38(28-31)14-9-15-40(39)46-45(49-41-16-7-8-17-42(41)50-46)36-23-19-32(20-24-36)33-21-25-37(26-22-33)47-51-43(34-10-3-1-4-11-34)29-44(52-47)35-12-5-2-6-13-35;7-5-3-1-2-4-6(5)8;1-2/h1-29H;1-4H,7-8H2;1-2H3. The van der Waals surface area contributed by atoms with Crippen LogP contribution < -0.4 is 11.5 Å². The number of hydrogen-bond donors (Lipinski definition) is 2. The summed E-state index contributed by atoms with van der Waals surface area (Å²) in [4.78, 5) is 20.3. The second kappa shape index (κ2) is 18.6. The molecule has 0 aliphatic rings. The van der Waals surface area contributed by atoms with E-state index in [-0.39, 0.29) is 0 Å². The van der Waals surface area contributed by atoms with Gasteiger partial charge >= 0.3 is 0 Å². The summed E-state index contributed by atoms with van der Waals surface area (Å²) in [5.41, 5.74) is 24.9. The van der Waals surface area contributed by atoms with Gasteiger partial charge in [0.25, 0.3) is 0 Å². The zero-order valence-electron chi connectivity index (χ0n) is 34.4. The maximum atomic E-state index is 9.49. The number of anilines is 2. The van der Waals surface area contributed by atoms with Crippen molar-refractivity contribution in [2.24, 2.45) is 0 Å². The van der Waals surface area contributed by atoms with E-state index in [1.54, 1.807) is 12.1 Å². The first-order valence-electron chi connectivity index (χ1n) is 20.5. The normalized spacial score (nSPS) is 10.5. The summed E-state index contributed by atoms with van der Waals surface area (Å²) >= 11 is 0. The Hall–Kier alpha value is -8.47. The summed E-state index contributed by atoms with van der Waals surface area (Å²) in [6, 6.07) is 68.8. The van der Waals surface area contributed by atoms with Crippen LogP contribution in [0.4, 0.5) is 11.4 Å². The van der Waals surface area contributed by atoms with E-state index in [1.165, 1.54) is 0 Å². The third-order valence-electron chi connectivity index (χ3n) is 10.3. The van der Waals surface area contributed by atoms with Gasteiger partial charge in [0, 0.05) is 27.8 Å². The van der Waals surface area contributed by atoms with Crippen LogP contribution in [0.15, 0.2) is 200 Å². The van der Waals surface area contributed by atoms with Gasteiger partial charge < -0.3 is 11.5 Å². The summed E-state index contributed by atoms with van der Waals surface area (Å²) in [6.45, 7) is 4.00. The molecule has 0 spiro atoms. The van der Waals surface area contributed by atoms with Gasteiger partial charge in [-0.15, -0.1) is 0 Å². The zero-order valence-corrected chi connectivity index (χ0v) is 34.4. The minimum absolute atomic E-state index is 0.628. The largest absolute Gasteiger partial charge is 0.397 e. The number of para-hydroxylation sites is 4. The van der Waals surface area contributed by atoms with Crippen molar-refractivity contribution < 1.29 is 0 Å². The summed E-state index contributed by atoms with van der Waals surface area (Å²) in [5.74, 6) is 0.682. The average molecular weight is 802 g/mol. The van der Waals surface area contributed by atoms with Crippen LogP contribution in [0.2, 0.25) is 0 Å². The molecule has 4 N–H and O–H groups in total. The second-order valence-electron chi connectivity index (χ2n) is 14.2. The zero-order chi connectivity index (χ0) is 42.8. The monoisotopic (exact) mass is 801 g/mol. The average Bonchev–Trinajstić information content (AvgIpc) is 3.35. The van der Waals surface area contributed by atoms with Crippen molar-refractivity contribution in [3.63, 3.8) is 0 Å². The molecule has 62 heavy (non-hydrogen) atoms. The predicted molar refractivity (Wildman–Crippen MR) is 257 cm³/mol. The maximum Gasteiger partial charge on any atom is 0.160 e. The van der Waals surface area contributed by atoms with Gasteiger partial charge in [0.2, 0.25) is 0 Å². The third kappa shape index (κ3) is 8.76. The molecule has 10 rings (SSSR count). The molecule has 298 valence electrons. The number of nitriles is 1. The Labute approximate surface area is 361 Å². The van der Waals surface area contributed by atoms with E-state index in [2.05, 4.69) is 91.0 Å². The number of hydrogen-bond acceptors (Lipinski definition) is 7. The fraction of sp³-hybridized carbons (Fsp3) is 0.0364. The molecule has 7 nitrogen and oxygen atoms in total. The number of rotatable bonds is 6. The SMILES string of the molecule is CC.N#Cc1ccc2c(-c3nc4ccccc4nc3-c3ccc(-c4ccc(-c5nc(-c6ccccc6)cc(-c6ccccc6)n5)cc4)cc3)cccc2c1.Nc1ccccc1N. The lowest BCUT2D eigenvalue weighted by molar-refractivity contribution is 1.18. The highest BCUT2D eigenvalue weighted by molar-refractivity contribution is 6.00. The Kier molecular flexibility index (Phi) is 12.1. The van der Waals surface area contributed by atoms with E-state index in [4.69, 9.17) is 31.4 Å². The maximum absolute atomic E-state index is 9.49. The van der Waals surface area contributed by atoms with Gasteiger partial charge in [-0.05, 0) is 64.4 Å². The molecule has 10 aromatic rings. The lowest BCUT2D eigenvalue weighted by atomic mass is 9.96. The van der Waals surface area contributed by atoms with Crippen LogP contribution in [0.5, 0.6) is 0 Å². The summed E-state index contributed by atoms with van der Waals surface area (Å²) < 4.78 is 0. The van der Waals surface area contributed by atoms with Gasteiger partial charge in [-0.2, -0.15) is 5.26 Å². The number of benzene rings is 8. The number of aromatic nitrogens is 4. The van der Waals surface area contributed by atoms with E-state index in [0.717, 1.165) is 83.5 Å². The van der Waals surface area contributed by atoms with Crippen molar-refractivity contribution >= 4 is 33.2 Å². The fourth-order valence-electron chi connectivity index (χ4n) is 7.18. The molecule has 0 saturated heterocycles. The van der Waals surface area contributed by atoms with Crippen molar-refractivity contribution in [1.82, 2.24) is 19.9 Å². The van der Waals surface area contributed by atoms with Gasteiger partial charge in [-0.25, -0.2) is 19.9 Å². The van der Waals surface area contributed by atoms with Crippen molar-refractivity contribution in [1.29, 1.82) is 5.26 Å². The van der Waals surface area contributed by atoms with Crippen LogP contribution in [0, 0.1) is 11.3 Å². The number of nitrogens with zero attached hydrogens (tertiary/aromatic N) is 5. The van der Waals surface area contributed by atoms with E-state index < -0.39 is 0 Å². The molecule has 0 unspecified atom stereocenters. The Morgan fingerprint density at radius 3 is 1.42 bits per heavy atom. The Morgan fingerprint density at radius 2 is 0.887 bits per heavy atom. The Morgan fingerprint density at radius 1 is 0.403 bits per heavy atom. The number of nitrogen functional groups attached to an aromatic ring is 2. The molecule has 0 bridgehead atoms. The minimum atomic E-state index is 0.628. The smallest absolute Gasteiger partial charge is 0.160 e. The van der Waals surface area contributed by atoms with Crippen LogP contribution in [0.25, 0.3) is 89.4 Å². The highest BCUT2D eigenvalue weighted by Crippen LogP contribution is 2.37. The van der Waals surface area contributed by atoms with Crippen LogP contribution in [0.1, 0.15) is 19.4 Å². The van der Waals surface area contributed by atoms with E-state index in [1.807, 2.05) is 117 Å². The van der Waals surface area contributed by atoms with Crippen molar-refractivity contribution in [2.45, 2.75) is 13.8 Å². The van der Waals surface area contributed by atoms with Gasteiger partial charge in [0.15, 0.2) is 5.82 Å². The summed E-state index contributed by atoms with van der Waals surface area (Å²) in [7, 11) is 0. The molecule has 0 aliphatic heterocycles. The van der Waals surface area contributed by atoms with Crippen molar-refractivity contribution in [2.75, 3.05) is 11.5 Å². The predicted octanol–water partition coefficient (Wildman–Crippen LogP) is 13.3. The van der Waals surface area contributed by atoms with Gasteiger partial charge in [0.05, 0.1) is 56.8 Å². The molecule has 8 aromatic carbocycles. The molecule has 0 radical (unpaired) electrons. The highest BCUT2D eigenvalue weighted by atomic mass is 14.9. The molecule has 0 atom stereocenters. The quantitative estimate of drug-likeness (QED) is 0.160. The van der Waals surface area contributed by atoms with Crippen LogP contribution in [-0.4, -0.2) is 19.9 Å². The Balaban J connectivity index is 0.000000473. The summed E-state index contributed by atoms with van der Waals surface area (Å²) in [5, 5.41) is 11.5. The lowest BCUT2D eigenvalue weighted by Crippen LogP contribution is -1.96. The molecule has 0 fully saturated rings. The van der Waals surface area contributed by atoms with Crippen molar-refractivity contribution in [3.8, 4) is 73.6 Å². The van der Waals surface area contributed by atoms with E-state index >= 15 is 0 Å². The number of nitrogens with two attached hydrogens (primary N) is 2. The van der Waals surface area contributed by atoms with Gasteiger partial charge in [-0.3, -0.25) is 0 Å². The molecular weight excluding hydrogens is 759 g/mol. The second-order valence-corrected chi connectivity index (χ2v) is 14.2. The summed E-state index contributed by atoms with van der Waals surface area (Å²) in [6.07, 6.45) is 0. The first-order chi connectivity index (χ1) is 30.5. The molecule has 7 heteroatoms. The van der Waals surface area contributed by atoms with Crippen LogP contribution in [0.3, 0.4) is 0 Å². The molecule has 0 aliphatic carbocycles. The number of fused-ring (bicyclic) bond motifs is 2. The molecule has 0 saturated carbocycles. The minimum Gasteiger partial charge on any atom is -0.397 e. The third-order valence-corrected chi connectivity index (χ3v) is 10.3. The first kappa shape index (κ1) is 40.3. The molecule has 2 aromatic heterocycles. The van der Waals surface area contributed by atoms with Gasteiger partial charge in [0.1, 0.15) is 0 Å². The molecular formula is C55H43N7. The first-order valence-corrected chi connectivity index (χ1v) is 20.5. The van der Waals surface area contributed by atoms with E-state index in [0.29, 0.717) is 22.8 Å². The molecule has 2 heterocycles. The van der Waals surface area contributed by atoms with Crippen LogP contribution >= 0.6 is 0 Å². The fourth-order valence-corrected chi connectivity index (χ4v) is 7.18. The molecule has 0 amide bonds.